The van der Waals surface area contributed by atoms with E-state index in [1.807, 2.05) is 0 Å². The van der Waals surface area contributed by atoms with Crippen molar-refractivity contribution in [2.24, 2.45) is 5.84 Å². The number of likely N-dealkylation sites (N-methyl/N-ethyl adjacent to an activating group) is 1. The molecule has 0 amide bonds. The second-order valence-electron chi connectivity index (χ2n) is 4.78. The third-order valence-electron chi connectivity index (χ3n) is 4.10. The summed E-state index contributed by atoms with van der Waals surface area (Å²) in [6.07, 6.45) is 3.21. The van der Waals surface area contributed by atoms with Crippen molar-refractivity contribution in [1.29, 1.82) is 0 Å². The van der Waals surface area contributed by atoms with E-state index in [2.05, 4.69) is 44.9 Å². The van der Waals surface area contributed by atoms with Crippen molar-refractivity contribution in [3.63, 3.8) is 0 Å². The molecule has 4 heteroatoms. The molecule has 3 N–H and O–H groups in total. The average molecular weight is 259 g/mol. The van der Waals surface area contributed by atoms with Crippen molar-refractivity contribution in [2.45, 2.75) is 65.5 Å². The molecule has 0 aliphatic heterocycles. The minimum atomic E-state index is 0.0893. The van der Waals surface area contributed by atoms with Crippen LogP contribution in [-0.4, -0.2) is 42.8 Å². The summed E-state index contributed by atoms with van der Waals surface area (Å²) in [5.41, 5.74) is 3.08. The predicted octanol–water partition coefficient (Wildman–Crippen LogP) is 2.15. The van der Waals surface area contributed by atoms with E-state index in [-0.39, 0.29) is 11.6 Å². The van der Waals surface area contributed by atoms with Crippen LogP contribution in [0.4, 0.5) is 0 Å². The van der Waals surface area contributed by atoms with Gasteiger partial charge in [-0.1, -0.05) is 34.6 Å². The van der Waals surface area contributed by atoms with Crippen LogP contribution in [0.25, 0.3) is 0 Å². The maximum absolute atomic E-state index is 5.78. The molecule has 0 heterocycles. The van der Waals surface area contributed by atoms with Gasteiger partial charge in [0.1, 0.15) is 0 Å². The third kappa shape index (κ3) is 4.19. The van der Waals surface area contributed by atoms with Gasteiger partial charge >= 0.3 is 0 Å². The lowest BCUT2D eigenvalue weighted by Gasteiger charge is -2.47. The van der Waals surface area contributed by atoms with Gasteiger partial charge in [-0.05, 0) is 32.4 Å². The Bertz CT molecular complexity index is 191. The molecule has 0 rings (SSSR count). The first-order valence-electron chi connectivity index (χ1n) is 7.45. The normalized spacial score (nSPS) is 14.2. The molecule has 110 valence electrons. The number of nitrogens with zero attached hydrogens (tertiary/aromatic N) is 1. The number of nitrogens with one attached hydrogen (secondary N) is 1. The minimum Gasteiger partial charge on any atom is -0.380 e. The van der Waals surface area contributed by atoms with Crippen molar-refractivity contribution < 1.29 is 4.74 Å². The summed E-state index contributed by atoms with van der Waals surface area (Å²) < 4.78 is 5.72. The Kier molecular flexibility index (Phi) is 9.64. The predicted molar refractivity (Wildman–Crippen MR) is 78.5 cm³/mol. The van der Waals surface area contributed by atoms with Crippen LogP contribution in [0.5, 0.6) is 0 Å². The molecule has 1 atom stereocenters. The molecular formula is C14H33N3O. The topological polar surface area (TPSA) is 50.5 Å². The van der Waals surface area contributed by atoms with Gasteiger partial charge < -0.3 is 4.74 Å². The molecule has 1 unspecified atom stereocenters. The molecule has 18 heavy (non-hydrogen) atoms. The van der Waals surface area contributed by atoms with Crippen LogP contribution >= 0.6 is 0 Å². The lowest BCUT2D eigenvalue weighted by atomic mass is 9.83. The van der Waals surface area contributed by atoms with Gasteiger partial charge in [0.25, 0.3) is 0 Å². The maximum Gasteiger partial charge on any atom is 0.0651 e. The second kappa shape index (κ2) is 9.73. The highest BCUT2D eigenvalue weighted by Crippen LogP contribution is 2.28. The SMILES string of the molecule is CCCOCC(NN)C(CC)(CC)N(CC)CC. The molecule has 4 nitrogen and oxygen atoms in total. The fourth-order valence-electron chi connectivity index (χ4n) is 2.97. The standard InChI is InChI=1S/C14H33N3O/c1-6-11-18-12-13(16-15)14(7-2,8-3)17(9-4)10-5/h13,16H,6-12,15H2,1-5H3. The number of rotatable bonds is 11. The Morgan fingerprint density at radius 3 is 2.00 bits per heavy atom. The first kappa shape index (κ1) is 17.8. The van der Waals surface area contributed by atoms with Crippen LogP contribution in [0, 0.1) is 0 Å². The van der Waals surface area contributed by atoms with Crippen LogP contribution in [0.3, 0.4) is 0 Å². The molecule has 0 saturated carbocycles. The van der Waals surface area contributed by atoms with Gasteiger partial charge in [-0.2, -0.15) is 0 Å². The first-order chi connectivity index (χ1) is 8.66. The average Bonchev–Trinajstić information content (AvgIpc) is 2.42. The Labute approximate surface area is 113 Å². The van der Waals surface area contributed by atoms with Crippen molar-refractivity contribution in [1.82, 2.24) is 10.3 Å². The summed E-state index contributed by atoms with van der Waals surface area (Å²) in [5.74, 6) is 5.78. The second-order valence-corrected chi connectivity index (χ2v) is 4.78. The minimum absolute atomic E-state index is 0.0893. The molecule has 0 bridgehead atoms. The van der Waals surface area contributed by atoms with E-state index in [4.69, 9.17) is 10.6 Å². The Balaban J connectivity index is 4.88. The molecule has 0 fully saturated rings. The number of hydrogen-bond acceptors (Lipinski definition) is 4. The smallest absolute Gasteiger partial charge is 0.0651 e. The third-order valence-corrected chi connectivity index (χ3v) is 4.10. The van der Waals surface area contributed by atoms with Crippen LogP contribution in [0.15, 0.2) is 0 Å². The maximum atomic E-state index is 5.78. The zero-order chi connectivity index (χ0) is 14.0. The summed E-state index contributed by atoms with van der Waals surface area (Å²) >= 11 is 0. The van der Waals surface area contributed by atoms with Gasteiger partial charge in [0, 0.05) is 12.1 Å². The van der Waals surface area contributed by atoms with Crippen molar-refractivity contribution >= 4 is 0 Å². The van der Waals surface area contributed by atoms with Crippen molar-refractivity contribution in [2.75, 3.05) is 26.3 Å². The van der Waals surface area contributed by atoms with E-state index >= 15 is 0 Å². The first-order valence-corrected chi connectivity index (χ1v) is 7.45. The molecule has 0 aromatic carbocycles. The molecule has 0 radical (unpaired) electrons. The lowest BCUT2D eigenvalue weighted by molar-refractivity contribution is 0.00381. The van der Waals surface area contributed by atoms with E-state index in [1.165, 1.54) is 0 Å². The highest BCUT2D eigenvalue weighted by molar-refractivity contribution is 4.97. The van der Waals surface area contributed by atoms with Gasteiger partial charge in [-0.3, -0.25) is 16.2 Å². The molecule has 0 aliphatic rings. The molecule has 0 aliphatic carbocycles. The molecule has 0 spiro atoms. The zero-order valence-electron chi connectivity index (χ0n) is 13.0. The summed E-state index contributed by atoms with van der Waals surface area (Å²) in [6.45, 7) is 14.6. The summed E-state index contributed by atoms with van der Waals surface area (Å²) in [7, 11) is 0. The molecular weight excluding hydrogens is 226 g/mol. The summed E-state index contributed by atoms with van der Waals surface area (Å²) in [4.78, 5) is 2.51. The van der Waals surface area contributed by atoms with Crippen molar-refractivity contribution in [3.8, 4) is 0 Å². The Morgan fingerprint density at radius 1 is 1.11 bits per heavy atom. The van der Waals surface area contributed by atoms with Gasteiger partial charge in [-0.15, -0.1) is 0 Å². The number of hydrogen-bond donors (Lipinski definition) is 2. The molecule has 0 aromatic rings. The van der Waals surface area contributed by atoms with E-state index < -0.39 is 0 Å². The number of hydrazine groups is 1. The highest BCUT2D eigenvalue weighted by atomic mass is 16.5. The van der Waals surface area contributed by atoms with Crippen LogP contribution in [0.2, 0.25) is 0 Å². The largest absolute Gasteiger partial charge is 0.380 e. The van der Waals surface area contributed by atoms with Crippen molar-refractivity contribution in [3.05, 3.63) is 0 Å². The van der Waals surface area contributed by atoms with Crippen LogP contribution in [0.1, 0.15) is 53.9 Å². The summed E-state index contributed by atoms with van der Waals surface area (Å²) in [5, 5.41) is 0. The van der Waals surface area contributed by atoms with Crippen LogP contribution in [-0.2, 0) is 4.74 Å². The van der Waals surface area contributed by atoms with E-state index in [0.29, 0.717) is 6.61 Å². The Morgan fingerprint density at radius 2 is 1.67 bits per heavy atom. The van der Waals surface area contributed by atoms with Gasteiger partial charge in [0.15, 0.2) is 0 Å². The van der Waals surface area contributed by atoms with E-state index in [9.17, 15) is 0 Å². The molecule has 0 saturated heterocycles. The van der Waals surface area contributed by atoms with Gasteiger partial charge in [0.2, 0.25) is 0 Å². The van der Waals surface area contributed by atoms with E-state index in [0.717, 1.165) is 39.0 Å². The number of nitrogens with two attached hydrogens (primary N) is 1. The zero-order valence-corrected chi connectivity index (χ0v) is 13.0. The fourth-order valence-corrected chi connectivity index (χ4v) is 2.97. The van der Waals surface area contributed by atoms with E-state index in [1.54, 1.807) is 0 Å². The lowest BCUT2D eigenvalue weighted by Crippen LogP contribution is -2.64. The van der Waals surface area contributed by atoms with Gasteiger partial charge in [0.05, 0.1) is 12.6 Å². The molecule has 0 aromatic heterocycles. The monoisotopic (exact) mass is 259 g/mol. The van der Waals surface area contributed by atoms with Gasteiger partial charge in [-0.25, -0.2) is 0 Å². The van der Waals surface area contributed by atoms with Crippen LogP contribution < -0.4 is 11.3 Å². The number of ether oxygens (including phenoxy) is 1. The highest BCUT2D eigenvalue weighted by Gasteiger charge is 2.39. The quantitative estimate of drug-likeness (QED) is 0.339. The Hall–Kier alpha value is -0.160. The fraction of sp³-hybridized carbons (Fsp3) is 1.00. The summed E-state index contributed by atoms with van der Waals surface area (Å²) in [6, 6.07) is 0.180.